The monoisotopic (exact) mass is 402 g/mol. The van der Waals surface area contributed by atoms with E-state index in [0.29, 0.717) is 6.04 Å². The Morgan fingerprint density at radius 3 is 2.69 bits per heavy atom. The summed E-state index contributed by atoms with van der Waals surface area (Å²) in [5, 5.41) is 0. The molecule has 0 bridgehead atoms. The second-order valence-corrected chi connectivity index (χ2v) is 9.02. The molecule has 0 aromatic heterocycles. The van der Waals surface area contributed by atoms with Gasteiger partial charge in [-0.15, -0.1) is 0 Å². The number of methoxy groups -OCH3 is 1. The number of ether oxygens (including phenoxy) is 2. The highest BCUT2D eigenvalue weighted by atomic mass is 16.5. The predicted octanol–water partition coefficient (Wildman–Crippen LogP) is 3.62. The highest BCUT2D eigenvalue weighted by Crippen LogP contribution is 2.42. The molecule has 2 aliphatic heterocycles. The Morgan fingerprint density at radius 1 is 1.31 bits per heavy atom. The average molecular weight is 403 g/mol. The van der Waals surface area contributed by atoms with E-state index in [2.05, 4.69) is 31.7 Å². The van der Waals surface area contributed by atoms with E-state index in [1.807, 2.05) is 23.1 Å². The van der Waals surface area contributed by atoms with Crippen LogP contribution in [-0.2, 0) is 15.9 Å². The molecule has 0 aliphatic carbocycles. The number of carbonyl (C=O) groups excluding carboxylic acids is 1. The van der Waals surface area contributed by atoms with Crippen LogP contribution in [0.4, 0.5) is 0 Å². The fourth-order valence-electron chi connectivity index (χ4n) is 4.78. The second-order valence-electron chi connectivity index (χ2n) is 9.02. The van der Waals surface area contributed by atoms with Crippen LogP contribution in [0, 0.1) is 5.41 Å². The first-order valence-electron chi connectivity index (χ1n) is 11.2. The van der Waals surface area contributed by atoms with Crippen LogP contribution in [0.15, 0.2) is 24.3 Å². The minimum Gasteiger partial charge on any atom is -0.383 e. The molecule has 162 valence electrons. The van der Waals surface area contributed by atoms with Crippen LogP contribution in [0.2, 0.25) is 0 Å². The SMILES string of the molecule is CCc1ccccc1C(=O)N1CCC2(CC1)COC(CN(CCOC)C(C)C)C2. The summed E-state index contributed by atoms with van der Waals surface area (Å²) >= 11 is 0. The van der Waals surface area contributed by atoms with E-state index in [9.17, 15) is 4.79 Å². The quantitative estimate of drug-likeness (QED) is 0.666. The van der Waals surface area contributed by atoms with Gasteiger partial charge in [-0.3, -0.25) is 9.69 Å². The lowest BCUT2D eigenvalue weighted by molar-refractivity contribution is 0.0366. The summed E-state index contributed by atoms with van der Waals surface area (Å²) in [6.45, 7) is 11.8. The van der Waals surface area contributed by atoms with Gasteiger partial charge in [-0.1, -0.05) is 25.1 Å². The summed E-state index contributed by atoms with van der Waals surface area (Å²) in [5.41, 5.74) is 2.26. The number of hydrogen-bond donors (Lipinski definition) is 0. The molecule has 1 aromatic carbocycles. The maximum atomic E-state index is 13.0. The molecule has 2 fully saturated rings. The standard InChI is InChI=1S/C24H38N2O3/c1-5-20-8-6-7-9-22(20)23(27)25-12-10-24(11-13-25)16-21(29-18-24)17-26(19(2)3)14-15-28-4/h6-9,19,21H,5,10-18H2,1-4H3. The van der Waals surface area contributed by atoms with Gasteiger partial charge in [0.15, 0.2) is 0 Å². The van der Waals surface area contributed by atoms with Crippen molar-refractivity contribution in [1.82, 2.24) is 9.80 Å². The van der Waals surface area contributed by atoms with Crippen LogP contribution < -0.4 is 0 Å². The van der Waals surface area contributed by atoms with Crippen molar-refractivity contribution >= 4 is 5.91 Å². The topological polar surface area (TPSA) is 42.0 Å². The van der Waals surface area contributed by atoms with E-state index in [-0.39, 0.29) is 17.4 Å². The van der Waals surface area contributed by atoms with E-state index in [1.54, 1.807) is 7.11 Å². The highest BCUT2D eigenvalue weighted by Gasteiger charge is 2.43. The first-order chi connectivity index (χ1) is 14.0. The minimum atomic E-state index is 0.193. The van der Waals surface area contributed by atoms with Gasteiger partial charge in [-0.25, -0.2) is 0 Å². The molecule has 1 unspecified atom stereocenters. The lowest BCUT2D eigenvalue weighted by Crippen LogP contribution is -2.44. The fourth-order valence-corrected chi connectivity index (χ4v) is 4.78. The average Bonchev–Trinajstić information content (AvgIpc) is 3.13. The number of aryl methyl sites for hydroxylation is 1. The van der Waals surface area contributed by atoms with Gasteiger partial charge in [0.05, 0.1) is 19.3 Å². The molecule has 5 nitrogen and oxygen atoms in total. The fraction of sp³-hybridized carbons (Fsp3) is 0.708. The van der Waals surface area contributed by atoms with Crippen molar-refractivity contribution in [2.75, 3.05) is 46.5 Å². The molecule has 2 heterocycles. The smallest absolute Gasteiger partial charge is 0.254 e. The van der Waals surface area contributed by atoms with Gasteiger partial charge in [-0.2, -0.15) is 0 Å². The molecule has 5 heteroatoms. The lowest BCUT2D eigenvalue weighted by Gasteiger charge is -2.39. The summed E-state index contributed by atoms with van der Waals surface area (Å²) in [5.74, 6) is 0.193. The largest absolute Gasteiger partial charge is 0.383 e. The minimum absolute atomic E-state index is 0.193. The van der Waals surface area contributed by atoms with E-state index >= 15 is 0 Å². The van der Waals surface area contributed by atoms with Gasteiger partial charge in [-0.05, 0) is 56.6 Å². The van der Waals surface area contributed by atoms with Crippen molar-refractivity contribution in [3.63, 3.8) is 0 Å². The predicted molar refractivity (Wildman–Crippen MR) is 116 cm³/mol. The summed E-state index contributed by atoms with van der Waals surface area (Å²) in [7, 11) is 1.76. The normalized spacial score (nSPS) is 21.4. The molecule has 2 saturated heterocycles. The Hall–Kier alpha value is -1.43. The molecule has 29 heavy (non-hydrogen) atoms. The molecule has 1 atom stereocenters. The van der Waals surface area contributed by atoms with Gasteiger partial charge in [0.2, 0.25) is 0 Å². The molecular weight excluding hydrogens is 364 g/mol. The van der Waals surface area contributed by atoms with Gasteiger partial charge in [0.1, 0.15) is 0 Å². The maximum absolute atomic E-state index is 13.0. The number of likely N-dealkylation sites (tertiary alicyclic amines) is 1. The van der Waals surface area contributed by atoms with Gasteiger partial charge in [0, 0.05) is 44.9 Å². The van der Waals surface area contributed by atoms with Gasteiger partial charge in [0.25, 0.3) is 5.91 Å². The second kappa shape index (κ2) is 10.1. The summed E-state index contributed by atoms with van der Waals surface area (Å²) in [6.07, 6.45) is 4.38. The number of amides is 1. The first-order valence-corrected chi connectivity index (χ1v) is 11.2. The number of piperidine rings is 1. The van der Waals surface area contributed by atoms with E-state index in [1.165, 1.54) is 0 Å². The molecule has 2 aliphatic rings. The van der Waals surface area contributed by atoms with Crippen LogP contribution in [0.3, 0.4) is 0 Å². The zero-order valence-corrected chi connectivity index (χ0v) is 18.7. The Labute approximate surface area is 176 Å². The van der Waals surface area contributed by atoms with Gasteiger partial charge < -0.3 is 14.4 Å². The van der Waals surface area contributed by atoms with Crippen LogP contribution in [0.5, 0.6) is 0 Å². The zero-order chi connectivity index (χ0) is 20.9. The first kappa shape index (κ1) is 22.3. The van der Waals surface area contributed by atoms with Crippen LogP contribution in [0.1, 0.15) is 56.0 Å². The number of nitrogens with zero attached hydrogens (tertiary/aromatic N) is 2. The maximum Gasteiger partial charge on any atom is 0.254 e. The van der Waals surface area contributed by atoms with Crippen LogP contribution in [-0.4, -0.2) is 74.4 Å². The molecule has 0 N–H and O–H groups in total. The summed E-state index contributed by atoms with van der Waals surface area (Å²) < 4.78 is 11.5. The molecule has 1 amide bonds. The highest BCUT2D eigenvalue weighted by molar-refractivity contribution is 5.95. The van der Waals surface area contributed by atoms with Crippen molar-refractivity contribution in [2.45, 2.75) is 58.6 Å². The van der Waals surface area contributed by atoms with Crippen LogP contribution in [0.25, 0.3) is 0 Å². The summed E-state index contributed by atoms with van der Waals surface area (Å²) in [6, 6.07) is 8.52. The lowest BCUT2D eigenvalue weighted by atomic mass is 9.76. The number of hydrogen-bond acceptors (Lipinski definition) is 4. The molecule has 0 radical (unpaired) electrons. The van der Waals surface area contributed by atoms with E-state index in [4.69, 9.17) is 9.47 Å². The molecule has 1 aromatic rings. The third-order valence-electron chi connectivity index (χ3n) is 6.78. The zero-order valence-electron chi connectivity index (χ0n) is 18.7. The molecule has 1 spiro atoms. The molecule has 0 saturated carbocycles. The van der Waals surface area contributed by atoms with E-state index < -0.39 is 0 Å². The van der Waals surface area contributed by atoms with Crippen molar-refractivity contribution in [3.8, 4) is 0 Å². The Bertz CT molecular complexity index is 668. The Morgan fingerprint density at radius 2 is 2.03 bits per heavy atom. The number of rotatable bonds is 8. The third-order valence-corrected chi connectivity index (χ3v) is 6.78. The molecular formula is C24H38N2O3. The Balaban J connectivity index is 1.54. The van der Waals surface area contributed by atoms with Crippen molar-refractivity contribution in [1.29, 1.82) is 0 Å². The van der Waals surface area contributed by atoms with Crippen molar-refractivity contribution in [2.24, 2.45) is 5.41 Å². The van der Waals surface area contributed by atoms with Crippen molar-refractivity contribution in [3.05, 3.63) is 35.4 Å². The van der Waals surface area contributed by atoms with Crippen molar-refractivity contribution < 1.29 is 14.3 Å². The number of carbonyl (C=O) groups is 1. The Kier molecular flexibility index (Phi) is 7.72. The molecule has 3 rings (SSSR count). The number of benzene rings is 1. The van der Waals surface area contributed by atoms with Gasteiger partial charge >= 0.3 is 0 Å². The summed E-state index contributed by atoms with van der Waals surface area (Å²) in [4.78, 5) is 17.5. The van der Waals surface area contributed by atoms with Crippen LogP contribution >= 0.6 is 0 Å². The van der Waals surface area contributed by atoms with E-state index in [0.717, 1.165) is 76.2 Å². The third kappa shape index (κ3) is 5.39.